The second kappa shape index (κ2) is 9.91. The highest BCUT2D eigenvalue weighted by molar-refractivity contribution is 9.10. The largest absolute Gasteiger partial charge is 0.485 e. The number of pyridine rings is 1. The molecule has 2 amide bonds. The molecule has 0 saturated heterocycles. The zero-order valence-electron chi connectivity index (χ0n) is 19.0. The van der Waals surface area contributed by atoms with Gasteiger partial charge >= 0.3 is 0 Å². The van der Waals surface area contributed by atoms with Crippen molar-refractivity contribution in [1.82, 2.24) is 14.7 Å². The van der Waals surface area contributed by atoms with E-state index < -0.39 is 5.41 Å². The van der Waals surface area contributed by atoms with E-state index in [2.05, 4.69) is 26.2 Å². The summed E-state index contributed by atoms with van der Waals surface area (Å²) >= 11 is 16.5. The molecule has 0 aliphatic rings. The second-order valence-electron chi connectivity index (χ2n) is 8.59. The topological polar surface area (TPSA) is 75.9 Å². The van der Waals surface area contributed by atoms with Crippen LogP contribution >= 0.6 is 39.1 Å². The maximum Gasteiger partial charge on any atom is 0.246 e. The lowest BCUT2D eigenvalue weighted by Crippen LogP contribution is -2.42. The molecule has 2 heterocycles. The van der Waals surface area contributed by atoms with E-state index in [1.807, 2.05) is 29.7 Å². The van der Waals surface area contributed by atoms with Crippen LogP contribution in [-0.2, 0) is 16.2 Å². The number of nitrogens with zero attached hydrogens (tertiary/aromatic N) is 3. The van der Waals surface area contributed by atoms with Gasteiger partial charge in [0.15, 0.2) is 11.4 Å². The van der Waals surface area contributed by atoms with Crippen LogP contribution in [0, 0.1) is 12.3 Å². The van der Waals surface area contributed by atoms with Crippen LogP contribution in [0.2, 0.25) is 10.0 Å². The Bertz CT molecular complexity index is 1220. The summed E-state index contributed by atoms with van der Waals surface area (Å²) in [7, 11) is 1.59. The summed E-state index contributed by atoms with van der Waals surface area (Å²) in [6.45, 7) is 7.17. The van der Waals surface area contributed by atoms with E-state index in [0.717, 1.165) is 10.3 Å². The highest BCUT2D eigenvalue weighted by atomic mass is 79.9. The van der Waals surface area contributed by atoms with Gasteiger partial charge in [0.05, 0.1) is 22.9 Å². The van der Waals surface area contributed by atoms with Crippen LogP contribution in [0.1, 0.15) is 32.0 Å². The third kappa shape index (κ3) is 5.45. The van der Waals surface area contributed by atoms with Crippen LogP contribution in [-0.4, -0.2) is 34.8 Å². The summed E-state index contributed by atoms with van der Waals surface area (Å²) in [6, 6.07) is 6.99. The SMILES string of the molecule is Cc1nc2c(OCc3c(Cl)ccc(N(C)C(=O)CNC(=O)C(C)(C)C)c3Cl)cccn2c1Br. The lowest BCUT2D eigenvalue weighted by Gasteiger charge is -2.23. The lowest BCUT2D eigenvalue weighted by molar-refractivity contribution is -0.130. The third-order valence-electron chi connectivity index (χ3n) is 5.07. The minimum absolute atomic E-state index is 0.0809. The van der Waals surface area contributed by atoms with Crippen LogP contribution in [0.25, 0.3) is 5.65 Å². The van der Waals surface area contributed by atoms with Crippen molar-refractivity contribution in [2.45, 2.75) is 34.3 Å². The number of aromatic nitrogens is 2. The standard InChI is InChI=1S/C23H25BrCl2N4O3/c1-13-20(24)30-10-6-7-17(21(30)28-13)33-12-14-15(25)8-9-16(19(14)26)29(5)18(31)11-27-22(32)23(2,3)4/h6-10H,11-12H2,1-5H3,(H,27,32). The predicted molar refractivity (Wildman–Crippen MR) is 134 cm³/mol. The molecule has 3 aromatic rings. The Morgan fingerprint density at radius 1 is 1.24 bits per heavy atom. The molecule has 176 valence electrons. The minimum Gasteiger partial charge on any atom is -0.485 e. The summed E-state index contributed by atoms with van der Waals surface area (Å²) in [4.78, 5) is 30.7. The average molecular weight is 556 g/mol. The Balaban J connectivity index is 1.79. The van der Waals surface area contributed by atoms with Gasteiger partial charge in [-0.15, -0.1) is 0 Å². The first-order chi connectivity index (χ1) is 15.4. The fourth-order valence-electron chi connectivity index (χ4n) is 3.04. The molecule has 7 nitrogen and oxygen atoms in total. The molecule has 0 radical (unpaired) electrons. The number of halogens is 3. The number of imidazole rings is 1. The molecule has 0 unspecified atom stereocenters. The Kier molecular flexibility index (Phi) is 7.61. The average Bonchev–Trinajstić information content (AvgIpc) is 3.05. The van der Waals surface area contributed by atoms with Gasteiger partial charge in [0.25, 0.3) is 0 Å². The van der Waals surface area contributed by atoms with Crippen molar-refractivity contribution in [2.24, 2.45) is 5.41 Å². The molecule has 0 aliphatic carbocycles. The summed E-state index contributed by atoms with van der Waals surface area (Å²) in [6.07, 6.45) is 1.88. The van der Waals surface area contributed by atoms with E-state index in [9.17, 15) is 9.59 Å². The second-order valence-corrected chi connectivity index (χ2v) is 10.1. The van der Waals surface area contributed by atoms with Gasteiger partial charge in [-0.25, -0.2) is 4.98 Å². The maximum atomic E-state index is 12.7. The molecule has 0 aliphatic heterocycles. The van der Waals surface area contributed by atoms with Gasteiger partial charge in [-0.05, 0) is 47.1 Å². The first kappa shape index (κ1) is 25.3. The van der Waals surface area contributed by atoms with Crippen molar-refractivity contribution < 1.29 is 14.3 Å². The fourth-order valence-corrected chi connectivity index (χ4v) is 4.02. The van der Waals surface area contributed by atoms with Gasteiger partial charge in [-0.2, -0.15) is 0 Å². The molecule has 0 fully saturated rings. The molecule has 3 rings (SSSR count). The number of fused-ring (bicyclic) bond motifs is 1. The van der Waals surface area contributed by atoms with Crippen LogP contribution in [0.4, 0.5) is 5.69 Å². The number of carbonyl (C=O) groups is 2. The molecule has 2 aromatic heterocycles. The van der Waals surface area contributed by atoms with Crippen molar-refractivity contribution in [2.75, 3.05) is 18.5 Å². The van der Waals surface area contributed by atoms with E-state index >= 15 is 0 Å². The summed E-state index contributed by atoms with van der Waals surface area (Å²) < 4.78 is 8.74. The lowest BCUT2D eigenvalue weighted by atomic mass is 9.96. The zero-order chi connectivity index (χ0) is 24.5. The summed E-state index contributed by atoms with van der Waals surface area (Å²) in [5.41, 5.74) is 1.91. The van der Waals surface area contributed by atoms with Gasteiger partial charge in [-0.3, -0.25) is 14.0 Å². The molecule has 10 heteroatoms. The highest BCUT2D eigenvalue weighted by Crippen LogP contribution is 2.35. The molecule has 0 atom stereocenters. The van der Waals surface area contributed by atoms with Crippen molar-refractivity contribution >= 4 is 62.3 Å². The van der Waals surface area contributed by atoms with E-state index in [1.165, 1.54) is 4.90 Å². The minimum atomic E-state index is -0.590. The third-order valence-corrected chi connectivity index (χ3v) is 6.80. The molecule has 1 aromatic carbocycles. The first-order valence-electron chi connectivity index (χ1n) is 10.2. The van der Waals surface area contributed by atoms with E-state index in [4.69, 9.17) is 27.9 Å². The van der Waals surface area contributed by atoms with E-state index in [0.29, 0.717) is 32.7 Å². The summed E-state index contributed by atoms with van der Waals surface area (Å²) in [5.74, 6) is 0.0416. The Morgan fingerprint density at radius 2 is 1.94 bits per heavy atom. The van der Waals surface area contributed by atoms with Crippen molar-refractivity contribution in [1.29, 1.82) is 0 Å². The van der Waals surface area contributed by atoms with Gasteiger partial charge in [0.1, 0.15) is 11.2 Å². The Labute approximate surface area is 211 Å². The quantitative estimate of drug-likeness (QED) is 0.441. The number of benzene rings is 1. The summed E-state index contributed by atoms with van der Waals surface area (Å²) in [5, 5.41) is 3.37. The highest BCUT2D eigenvalue weighted by Gasteiger charge is 2.24. The number of hydrogen-bond donors (Lipinski definition) is 1. The number of ether oxygens (including phenoxy) is 1. The smallest absolute Gasteiger partial charge is 0.246 e. The molecule has 1 N–H and O–H groups in total. The number of nitrogens with one attached hydrogen (secondary N) is 1. The van der Waals surface area contributed by atoms with Gasteiger partial charge in [-0.1, -0.05) is 44.0 Å². The molecule has 0 saturated carbocycles. The number of amides is 2. The van der Waals surface area contributed by atoms with E-state index in [-0.39, 0.29) is 25.0 Å². The Morgan fingerprint density at radius 3 is 2.61 bits per heavy atom. The molecular weight excluding hydrogens is 531 g/mol. The maximum absolute atomic E-state index is 12.7. The van der Waals surface area contributed by atoms with Crippen LogP contribution in [0.5, 0.6) is 5.75 Å². The molecule has 0 spiro atoms. The van der Waals surface area contributed by atoms with Crippen molar-refractivity contribution in [3.05, 3.63) is 56.4 Å². The molecule has 0 bridgehead atoms. The number of anilines is 1. The van der Waals surface area contributed by atoms with Gasteiger partial charge < -0.3 is 15.0 Å². The zero-order valence-corrected chi connectivity index (χ0v) is 22.1. The molecule has 33 heavy (non-hydrogen) atoms. The van der Waals surface area contributed by atoms with Crippen LogP contribution in [0.15, 0.2) is 35.1 Å². The predicted octanol–water partition coefficient (Wildman–Crippen LogP) is 5.42. The molecular formula is C23H25BrCl2N4O3. The van der Waals surface area contributed by atoms with Crippen LogP contribution < -0.4 is 15.0 Å². The van der Waals surface area contributed by atoms with Gasteiger partial charge in [0.2, 0.25) is 11.8 Å². The van der Waals surface area contributed by atoms with E-state index in [1.54, 1.807) is 40.0 Å². The number of likely N-dealkylation sites (N-methyl/N-ethyl adjacent to an activating group) is 1. The first-order valence-corrected chi connectivity index (χ1v) is 11.7. The number of carbonyl (C=O) groups excluding carboxylic acids is 2. The normalized spacial score (nSPS) is 11.5. The monoisotopic (exact) mass is 554 g/mol. The van der Waals surface area contributed by atoms with Crippen molar-refractivity contribution in [3.8, 4) is 5.75 Å². The fraction of sp³-hybridized carbons (Fsp3) is 0.348. The van der Waals surface area contributed by atoms with Gasteiger partial charge in [0, 0.05) is 29.2 Å². The number of rotatable bonds is 6. The van der Waals surface area contributed by atoms with Crippen LogP contribution in [0.3, 0.4) is 0 Å². The number of aryl methyl sites for hydroxylation is 1. The van der Waals surface area contributed by atoms with Crippen molar-refractivity contribution in [3.63, 3.8) is 0 Å². The number of hydrogen-bond acceptors (Lipinski definition) is 4. The Hall–Kier alpha value is -2.29.